The molecule has 0 spiro atoms. The van der Waals surface area contributed by atoms with Crippen molar-refractivity contribution in [2.75, 3.05) is 27.2 Å². The van der Waals surface area contributed by atoms with E-state index in [1.807, 2.05) is 6.92 Å². The molecule has 1 aliphatic rings. The SMILES string of the molecule is CCCC(NCC1(N(C)C)CCC1)C(=O)OCC. The molecular formula is C14H28N2O2. The summed E-state index contributed by atoms with van der Waals surface area (Å²) in [6, 6.07) is -0.146. The van der Waals surface area contributed by atoms with Gasteiger partial charge in [-0.25, -0.2) is 0 Å². The number of likely N-dealkylation sites (N-methyl/N-ethyl adjacent to an activating group) is 1. The van der Waals surface area contributed by atoms with Crippen LogP contribution in [0.3, 0.4) is 0 Å². The monoisotopic (exact) mass is 256 g/mol. The summed E-state index contributed by atoms with van der Waals surface area (Å²) < 4.78 is 5.12. The molecule has 0 aromatic heterocycles. The van der Waals surface area contributed by atoms with Gasteiger partial charge >= 0.3 is 5.97 Å². The van der Waals surface area contributed by atoms with E-state index in [1.165, 1.54) is 19.3 Å². The molecular weight excluding hydrogens is 228 g/mol. The molecule has 0 bridgehead atoms. The van der Waals surface area contributed by atoms with E-state index in [2.05, 4.69) is 31.2 Å². The quantitative estimate of drug-likeness (QED) is 0.672. The molecule has 1 fully saturated rings. The summed E-state index contributed by atoms with van der Waals surface area (Å²) in [6.45, 7) is 5.29. The topological polar surface area (TPSA) is 41.6 Å². The molecule has 0 aliphatic heterocycles. The minimum atomic E-state index is -0.146. The highest BCUT2D eigenvalue weighted by molar-refractivity contribution is 5.75. The fourth-order valence-corrected chi connectivity index (χ4v) is 2.51. The van der Waals surface area contributed by atoms with Crippen LogP contribution in [0.15, 0.2) is 0 Å². The van der Waals surface area contributed by atoms with Crippen LogP contribution >= 0.6 is 0 Å². The van der Waals surface area contributed by atoms with Crippen LogP contribution in [0, 0.1) is 0 Å². The number of hydrogen-bond donors (Lipinski definition) is 1. The number of nitrogens with zero attached hydrogens (tertiary/aromatic N) is 1. The molecule has 1 saturated carbocycles. The third-order valence-corrected chi connectivity index (χ3v) is 4.06. The van der Waals surface area contributed by atoms with Crippen LogP contribution in [-0.2, 0) is 9.53 Å². The number of rotatable bonds is 8. The average Bonchev–Trinajstić information content (AvgIpc) is 2.25. The molecule has 0 heterocycles. The van der Waals surface area contributed by atoms with E-state index in [4.69, 9.17) is 4.74 Å². The van der Waals surface area contributed by atoms with Gasteiger partial charge in [0.1, 0.15) is 6.04 Å². The molecule has 0 aromatic carbocycles. The third-order valence-electron chi connectivity index (χ3n) is 4.06. The van der Waals surface area contributed by atoms with Crippen molar-refractivity contribution in [1.29, 1.82) is 0 Å². The zero-order chi connectivity index (χ0) is 13.6. The Labute approximate surface area is 111 Å². The molecule has 1 aliphatic carbocycles. The molecule has 1 N–H and O–H groups in total. The van der Waals surface area contributed by atoms with Gasteiger partial charge in [0, 0.05) is 12.1 Å². The Morgan fingerprint density at radius 3 is 2.44 bits per heavy atom. The largest absolute Gasteiger partial charge is 0.465 e. The van der Waals surface area contributed by atoms with E-state index in [1.54, 1.807) is 0 Å². The second-order valence-electron chi connectivity index (χ2n) is 5.45. The summed E-state index contributed by atoms with van der Waals surface area (Å²) in [7, 11) is 4.25. The number of nitrogens with one attached hydrogen (secondary N) is 1. The Kier molecular flexibility index (Phi) is 6.09. The maximum Gasteiger partial charge on any atom is 0.323 e. The normalized spacial score (nSPS) is 19.4. The zero-order valence-electron chi connectivity index (χ0n) is 12.3. The van der Waals surface area contributed by atoms with Crippen molar-refractivity contribution in [3.63, 3.8) is 0 Å². The van der Waals surface area contributed by atoms with Gasteiger partial charge in [-0.1, -0.05) is 13.3 Å². The van der Waals surface area contributed by atoms with Crippen molar-refractivity contribution >= 4 is 5.97 Å². The van der Waals surface area contributed by atoms with E-state index < -0.39 is 0 Å². The molecule has 0 saturated heterocycles. The standard InChI is InChI=1S/C14H28N2O2/c1-5-8-12(13(17)18-6-2)15-11-14(16(3)4)9-7-10-14/h12,15H,5-11H2,1-4H3. The predicted octanol–water partition coefficient (Wildman–Crippen LogP) is 1.79. The van der Waals surface area contributed by atoms with Crippen molar-refractivity contribution in [2.24, 2.45) is 0 Å². The summed E-state index contributed by atoms with van der Waals surface area (Å²) in [4.78, 5) is 14.1. The summed E-state index contributed by atoms with van der Waals surface area (Å²) in [6.07, 6.45) is 5.56. The Morgan fingerprint density at radius 1 is 1.39 bits per heavy atom. The molecule has 4 nitrogen and oxygen atoms in total. The van der Waals surface area contributed by atoms with Gasteiger partial charge in [0.05, 0.1) is 6.61 Å². The van der Waals surface area contributed by atoms with E-state index in [-0.39, 0.29) is 17.6 Å². The number of carbonyl (C=O) groups excluding carboxylic acids is 1. The Balaban J connectivity index is 2.48. The maximum atomic E-state index is 11.8. The summed E-state index contributed by atoms with van der Waals surface area (Å²) >= 11 is 0. The highest BCUT2D eigenvalue weighted by Crippen LogP contribution is 2.35. The summed E-state index contributed by atoms with van der Waals surface area (Å²) in [5, 5.41) is 3.41. The predicted molar refractivity (Wildman–Crippen MR) is 73.6 cm³/mol. The van der Waals surface area contributed by atoms with E-state index in [9.17, 15) is 4.79 Å². The number of hydrogen-bond acceptors (Lipinski definition) is 4. The zero-order valence-corrected chi connectivity index (χ0v) is 12.3. The van der Waals surface area contributed by atoms with Gasteiger partial charge in [-0.2, -0.15) is 0 Å². The molecule has 1 rings (SSSR count). The number of carbonyl (C=O) groups is 1. The third kappa shape index (κ3) is 3.69. The lowest BCUT2D eigenvalue weighted by Gasteiger charge is -2.48. The van der Waals surface area contributed by atoms with Crippen molar-refractivity contribution in [2.45, 2.75) is 57.5 Å². The van der Waals surface area contributed by atoms with Crippen LogP contribution in [0.25, 0.3) is 0 Å². The average molecular weight is 256 g/mol. The van der Waals surface area contributed by atoms with E-state index >= 15 is 0 Å². The smallest absolute Gasteiger partial charge is 0.323 e. The van der Waals surface area contributed by atoms with Crippen LogP contribution in [0.5, 0.6) is 0 Å². The fourth-order valence-electron chi connectivity index (χ4n) is 2.51. The minimum absolute atomic E-state index is 0.104. The van der Waals surface area contributed by atoms with Gasteiger partial charge in [0.25, 0.3) is 0 Å². The summed E-state index contributed by atoms with van der Waals surface area (Å²) in [5.41, 5.74) is 0.248. The first-order valence-electron chi connectivity index (χ1n) is 7.13. The van der Waals surface area contributed by atoms with Crippen LogP contribution in [-0.4, -0.2) is 49.7 Å². The second-order valence-corrected chi connectivity index (χ2v) is 5.45. The molecule has 1 atom stereocenters. The lowest BCUT2D eigenvalue weighted by Crippen LogP contribution is -2.58. The van der Waals surface area contributed by atoms with Gasteiger partial charge in [-0.3, -0.25) is 4.79 Å². The minimum Gasteiger partial charge on any atom is -0.465 e. The van der Waals surface area contributed by atoms with Gasteiger partial charge in [-0.05, 0) is 46.7 Å². The summed E-state index contributed by atoms with van der Waals surface area (Å²) in [5.74, 6) is -0.104. The molecule has 18 heavy (non-hydrogen) atoms. The van der Waals surface area contributed by atoms with Crippen molar-refractivity contribution < 1.29 is 9.53 Å². The first-order valence-corrected chi connectivity index (χ1v) is 7.13. The first kappa shape index (κ1) is 15.4. The van der Waals surface area contributed by atoms with Gasteiger partial charge < -0.3 is 15.0 Å². The molecule has 0 aromatic rings. The van der Waals surface area contributed by atoms with Gasteiger partial charge in [0.15, 0.2) is 0 Å². The Bertz CT molecular complexity index is 263. The lowest BCUT2D eigenvalue weighted by molar-refractivity contribution is -0.146. The van der Waals surface area contributed by atoms with Gasteiger partial charge in [-0.15, -0.1) is 0 Å². The Morgan fingerprint density at radius 2 is 2.06 bits per heavy atom. The van der Waals surface area contributed by atoms with Crippen molar-refractivity contribution in [3.8, 4) is 0 Å². The maximum absolute atomic E-state index is 11.8. The first-order chi connectivity index (χ1) is 8.55. The van der Waals surface area contributed by atoms with Crippen molar-refractivity contribution in [1.82, 2.24) is 10.2 Å². The molecule has 0 amide bonds. The molecule has 1 unspecified atom stereocenters. The molecule has 4 heteroatoms. The fraction of sp³-hybridized carbons (Fsp3) is 0.929. The van der Waals surface area contributed by atoms with Crippen LogP contribution in [0.4, 0.5) is 0 Å². The molecule has 106 valence electrons. The highest BCUT2D eigenvalue weighted by Gasteiger charge is 2.39. The van der Waals surface area contributed by atoms with Crippen LogP contribution in [0.2, 0.25) is 0 Å². The van der Waals surface area contributed by atoms with Gasteiger partial charge in [0.2, 0.25) is 0 Å². The Hall–Kier alpha value is -0.610. The lowest BCUT2D eigenvalue weighted by atomic mass is 9.75. The molecule has 0 radical (unpaired) electrons. The number of ether oxygens (including phenoxy) is 1. The van der Waals surface area contributed by atoms with Crippen LogP contribution < -0.4 is 5.32 Å². The van der Waals surface area contributed by atoms with E-state index in [0.29, 0.717) is 6.61 Å². The highest BCUT2D eigenvalue weighted by atomic mass is 16.5. The van der Waals surface area contributed by atoms with Crippen molar-refractivity contribution in [3.05, 3.63) is 0 Å². The van der Waals surface area contributed by atoms with Crippen LogP contribution in [0.1, 0.15) is 46.0 Å². The number of esters is 1. The second kappa shape index (κ2) is 7.10. The van der Waals surface area contributed by atoms with E-state index in [0.717, 1.165) is 19.4 Å².